The molecule has 0 spiro atoms. The second kappa shape index (κ2) is 6.15. The van der Waals surface area contributed by atoms with E-state index in [1.54, 1.807) is 34.9 Å². The van der Waals surface area contributed by atoms with E-state index in [0.29, 0.717) is 30.0 Å². The van der Waals surface area contributed by atoms with E-state index in [0.717, 1.165) is 20.3 Å². The average molecular weight is 341 g/mol. The van der Waals surface area contributed by atoms with Crippen LogP contribution in [0.5, 0.6) is 0 Å². The number of nitrogens with one attached hydrogen (secondary N) is 2. The lowest BCUT2D eigenvalue weighted by molar-refractivity contribution is 0.989. The molecule has 3 aromatic rings. The van der Waals surface area contributed by atoms with Gasteiger partial charge < -0.3 is 16.0 Å². The SMILES string of the molecule is NCCc1sc2c(NCc3nccs3)cc(=O)[nH]c2c1Cl. The highest BCUT2D eigenvalue weighted by Gasteiger charge is 2.14. The van der Waals surface area contributed by atoms with E-state index in [4.69, 9.17) is 17.3 Å². The fourth-order valence-corrected chi connectivity index (χ4v) is 4.17. The van der Waals surface area contributed by atoms with Crippen LogP contribution in [0.15, 0.2) is 22.4 Å². The Balaban J connectivity index is 2.00. The van der Waals surface area contributed by atoms with Gasteiger partial charge in [-0.3, -0.25) is 4.79 Å². The molecule has 8 heteroatoms. The second-order valence-electron chi connectivity index (χ2n) is 4.41. The zero-order chi connectivity index (χ0) is 14.8. The van der Waals surface area contributed by atoms with Gasteiger partial charge in [0.2, 0.25) is 0 Å². The highest BCUT2D eigenvalue weighted by atomic mass is 35.5. The average Bonchev–Trinajstić information content (AvgIpc) is 3.07. The summed E-state index contributed by atoms with van der Waals surface area (Å²) in [5, 5.41) is 6.74. The summed E-state index contributed by atoms with van der Waals surface area (Å²) in [6.07, 6.45) is 2.46. The van der Waals surface area contributed by atoms with Gasteiger partial charge in [0.25, 0.3) is 5.56 Å². The molecule has 0 aromatic carbocycles. The Hall–Kier alpha value is -1.41. The van der Waals surface area contributed by atoms with Crippen molar-refractivity contribution in [1.82, 2.24) is 9.97 Å². The minimum absolute atomic E-state index is 0.178. The molecule has 110 valence electrons. The van der Waals surface area contributed by atoms with Gasteiger partial charge in [-0.25, -0.2) is 4.98 Å². The molecule has 0 unspecified atom stereocenters. The fourth-order valence-electron chi connectivity index (χ4n) is 2.05. The molecule has 0 atom stereocenters. The minimum atomic E-state index is -0.178. The molecule has 0 saturated carbocycles. The van der Waals surface area contributed by atoms with Crippen LogP contribution in [0.1, 0.15) is 9.88 Å². The molecule has 3 heterocycles. The lowest BCUT2D eigenvalue weighted by Crippen LogP contribution is -2.07. The third-order valence-electron chi connectivity index (χ3n) is 2.97. The molecule has 21 heavy (non-hydrogen) atoms. The van der Waals surface area contributed by atoms with Gasteiger partial charge in [-0.2, -0.15) is 0 Å². The van der Waals surface area contributed by atoms with E-state index < -0.39 is 0 Å². The fraction of sp³-hybridized carbons (Fsp3) is 0.231. The van der Waals surface area contributed by atoms with Crippen LogP contribution in [0.25, 0.3) is 10.2 Å². The zero-order valence-corrected chi connectivity index (χ0v) is 13.4. The third-order valence-corrected chi connectivity index (χ3v) is 5.56. The maximum Gasteiger partial charge on any atom is 0.250 e. The maximum absolute atomic E-state index is 11.8. The number of halogens is 1. The topological polar surface area (TPSA) is 83.8 Å². The molecule has 0 aliphatic carbocycles. The highest BCUT2D eigenvalue weighted by molar-refractivity contribution is 7.20. The van der Waals surface area contributed by atoms with Crippen LogP contribution in [0, 0.1) is 0 Å². The molecule has 0 saturated heterocycles. The van der Waals surface area contributed by atoms with Crippen molar-refractivity contribution >= 4 is 50.2 Å². The van der Waals surface area contributed by atoms with Crippen LogP contribution in [0.3, 0.4) is 0 Å². The summed E-state index contributed by atoms with van der Waals surface area (Å²) in [7, 11) is 0. The molecule has 0 amide bonds. The monoisotopic (exact) mass is 340 g/mol. The van der Waals surface area contributed by atoms with Gasteiger partial charge in [0, 0.05) is 22.5 Å². The van der Waals surface area contributed by atoms with E-state index in [2.05, 4.69) is 15.3 Å². The van der Waals surface area contributed by atoms with E-state index in [-0.39, 0.29) is 5.56 Å². The van der Waals surface area contributed by atoms with E-state index in [1.807, 2.05) is 5.38 Å². The summed E-state index contributed by atoms with van der Waals surface area (Å²) in [5.41, 5.74) is 6.87. The Morgan fingerprint density at radius 1 is 1.48 bits per heavy atom. The third kappa shape index (κ3) is 2.96. The normalized spacial score (nSPS) is 11.1. The Morgan fingerprint density at radius 2 is 2.33 bits per heavy atom. The Kier molecular flexibility index (Phi) is 4.25. The number of hydrogen-bond donors (Lipinski definition) is 3. The Labute approximate surface area is 133 Å². The van der Waals surface area contributed by atoms with Crippen molar-refractivity contribution in [3.05, 3.63) is 42.9 Å². The first-order chi connectivity index (χ1) is 10.2. The number of thiazole rings is 1. The van der Waals surface area contributed by atoms with Gasteiger partial charge in [0.05, 0.1) is 27.5 Å². The van der Waals surface area contributed by atoms with Crippen molar-refractivity contribution in [2.24, 2.45) is 5.73 Å². The van der Waals surface area contributed by atoms with Crippen LogP contribution < -0.4 is 16.6 Å². The number of thiophene rings is 1. The van der Waals surface area contributed by atoms with Crippen molar-refractivity contribution in [2.45, 2.75) is 13.0 Å². The molecular weight excluding hydrogens is 328 g/mol. The van der Waals surface area contributed by atoms with Gasteiger partial charge in [-0.15, -0.1) is 22.7 Å². The van der Waals surface area contributed by atoms with E-state index >= 15 is 0 Å². The smallest absolute Gasteiger partial charge is 0.250 e. The number of fused-ring (bicyclic) bond motifs is 1. The summed E-state index contributed by atoms with van der Waals surface area (Å²) in [4.78, 5) is 19.8. The van der Waals surface area contributed by atoms with Crippen molar-refractivity contribution in [1.29, 1.82) is 0 Å². The molecule has 5 nitrogen and oxygen atoms in total. The number of aromatic nitrogens is 2. The van der Waals surface area contributed by atoms with E-state index in [1.165, 1.54) is 0 Å². The van der Waals surface area contributed by atoms with Gasteiger partial charge in [-0.05, 0) is 13.0 Å². The predicted octanol–water partition coefficient (Wildman–Crippen LogP) is 2.81. The first kappa shape index (κ1) is 14.5. The minimum Gasteiger partial charge on any atom is -0.377 e. The molecule has 0 bridgehead atoms. The highest BCUT2D eigenvalue weighted by Crippen LogP contribution is 2.37. The number of rotatable bonds is 5. The maximum atomic E-state index is 11.8. The first-order valence-electron chi connectivity index (χ1n) is 6.35. The first-order valence-corrected chi connectivity index (χ1v) is 8.43. The molecular formula is C13H13ClN4OS2. The quantitative estimate of drug-likeness (QED) is 0.667. The number of nitrogens with two attached hydrogens (primary N) is 1. The zero-order valence-electron chi connectivity index (χ0n) is 11.0. The van der Waals surface area contributed by atoms with Gasteiger partial charge >= 0.3 is 0 Å². The van der Waals surface area contributed by atoms with Crippen molar-refractivity contribution in [3.8, 4) is 0 Å². The Bertz CT molecular complexity index is 810. The van der Waals surface area contributed by atoms with Gasteiger partial charge in [-0.1, -0.05) is 11.6 Å². The van der Waals surface area contributed by atoms with Gasteiger partial charge in [0.1, 0.15) is 5.01 Å². The number of anilines is 1. The second-order valence-corrected chi connectivity index (χ2v) is 6.87. The predicted molar refractivity (Wildman–Crippen MR) is 89.7 cm³/mol. The van der Waals surface area contributed by atoms with Crippen LogP contribution in [-0.2, 0) is 13.0 Å². The number of pyridine rings is 1. The molecule has 0 aliphatic rings. The van der Waals surface area contributed by atoms with Crippen LogP contribution in [0.2, 0.25) is 5.02 Å². The van der Waals surface area contributed by atoms with Crippen LogP contribution in [-0.4, -0.2) is 16.5 Å². The van der Waals surface area contributed by atoms with Crippen LogP contribution in [0.4, 0.5) is 5.69 Å². The molecule has 0 fully saturated rings. The standard InChI is InChI=1S/C13H13ClN4OS2/c14-11-8(1-2-15)21-13-7(5-9(19)18-12(11)13)17-6-10-16-3-4-20-10/h3-5H,1-2,6,15H2,(H2,17,18,19). The van der Waals surface area contributed by atoms with Gasteiger partial charge in [0.15, 0.2) is 0 Å². The number of nitrogens with zero attached hydrogens (tertiary/aromatic N) is 1. The van der Waals surface area contributed by atoms with E-state index in [9.17, 15) is 4.79 Å². The molecule has 3 rings (SSSR count). The van der Waals surface area contributed by atoms with Crippen molar-refractivity contribution in [2.75, 3.05) is 11.9 Å². The lowest BCUT2D eigenvalue weighted by atomic mass is 10.3. The summed E-state index contributed by atoms with van der Waals surface area (Å²) >= 11 is 9.46. The molecule has 0 radical (unpaired) electrons. The lowest BCUT2D eigenvalue weighted by Gasteiger charge is -2.05. The largest absolute Gasteiger partial charge is 0.377 e. The summed E-state index contributed by atoms with van der Waals surface area (Å²) in [5.74, 6) is 0. The number of hydrogen-bond acceptors (Lipinski definition) is 6. The molecule has 3 aromatic heterocycles. The number of H-pyrrole nitrogens is 1. The number of aromatic amines is 1. The van der Waals surface area contributed by atoms with Crippen LogP contribution >= 0.6 is 34.3 Å². The molecule has 4 N–H and O–H groups in total. The van der Waals surface area contributed by atoms with Crippen molar-refractivity contribution < 1.29 is 0 Å². The summed E-state index contributed by atoms with van der Waals surface area (Å²) in [6.45, 7) is 1.11. The molecule has 0 aliphatic heterocycles. The summed E-state index contributed by atoms with van der Waals surface area (Å²) in [6, 6.07) is 1.55. The Morgan fingerprint density at radius 3 is 3.05 bits per heavy atom. The van der Waals surface area contributed by atoms with Crippen molar-refractivity contribution in [3.63, 3.8) is 0 Å². The summed E-state index contributed by atoms with van der Waals surface area (Å²) < 4.78 is 0.944.